The van der Waals surface area contributed by atoms with Crippen molar-refractivity contribution in [2.75, 3.05) is 13.7 Å². The highest BCUT2D eigenvalue weighted by Gasteiger charge is 2.18. The van der Waals surface area contributed by atoms with E-state index in [4.69, 9.17) is 5.11 Å². The molecule has 0 saturated carbocycles. The van der Waals surface area contributed by atoms with Crippen LogP contribution < -0.4 is 5.32 Å². The minimum absolute atomic E-state index is 0.00687. The zero-order chi connectivity index (χ0) is 10.3. The van der Waals surface area contributed by atoms with Crippen LogP contribution >= 0.6 is 0 Å². The molecule has 1 unspecified atom stereocenters. The molecular weight excluding hydrogens is 174 g/mol. The van der Waals surface area contributed by atoms with E-state index < -0.39 is 12.0 Å². The fourth-order valence-corrected chi connectivity index (χ4v) is 0.932. The van der Waals surface area contributed by atoms with E-state index in [1.165, 1.54) is 14.0 Å². The molecule has 0 radical (unpaired) electrons. The van der Waals surface area contributed by atoms with E-state index in [0.29, 0.717) is 12.8 Å². The van der Waals surface area contributed by atoms with Crippen molar-refractivity contribution in [1.82, 2.24) is 5.32 Å². The summed E-state index contributed by atoms with van der Waals surface area (Å²) < 4.78 is 4.47. The number of aliphatic hydroxyl groups excluding tert-OH is 1. The summed E-state index contributed by atoms with van der Waals surface area (Å²) in [5.74, 6) is -0.767. The van der Waals surface area contributed by atoms with Gasteiger partial charge < -0.3 is 15.2 Å². The van der Waals surface area contributed by atoms with Crippen LogP contribution in [0.4, 0.5) is 0 Å². The van der Waals surface area contributed by atoms with E-state index in [1.54, 1.807) is 0 Å². The summed E-state index contributed by atoms with van der Waals surface area (Å²) in [5.41, 5.74) is 0. The molecular formula is C8H15NO4. The minimum Gasteiger partial charge on any atom is -0.467 e. The number of rotatable bonds is 5. The normalized spacial score (nSPS) is 11.9. The number of esters is 1. The van der Waals surface area contributed by atoms with Gasteiger partial charge in [-0.05, 0) is 12.8 Å². The molecule has 0 fully saturated rings. The lowest BCUT2D eigenvalue weighted by molar-refractivity contribution is -0.145. The van der Waals surface area contributed by atoms with E-state index in [1.807, 2.05) is 0 Å². The highest BCUT2D eigenvalue weighted by atomic mass is 16.5. The number of hydrogen-bond acceptors (Lipinski definition) is 4. The van der Waals surface area contributed by atoms with Crippen LogP contribution in [0.15, 0.2) is 0 Å². The molecule has 0 aliphatic heterocycles. The number of ether oxygens (including phenoxy) is 1. The first-order valence-corrected chi connectivity index (χ1v) is 4.07. The smallest absolute Gasteiger partial charge is 0.328 e. The quantitative estimate of drug-likeness (QED) is 0.568. The summed E-state index contributed by atoms with van der Waals surface area (Å²) in [6.45, 7) is 1.32. The maximum Gasteiger partial charge on any atom is 0.328 e. The Morgan fingerprint density at radius 1 is 1.54 bits per heavy atom. The molecule has 0 aromatic heterocycles. The van der Waals surface area contributed by atoms with E-state index in [2.05, 4.69) is 10.1 Å². The van der Waals surface area contributed by atoms with Crippen LogP contribution in [0.3, 0.4) is 0 Å². The molecule has 5 heteroatoms. The molecule has 0 aromatic carbocycles. The van der Waals surface area contributed by atoms with Gasteiger partial charge in [-0.15, -0.1) is 0 Å². The molecule has 76 valence electrons. The largest absolute Gasteiger partial charge is 0.467 e. The molecule has 0 rings (SSSR count). The lowest BCUT2D eigenvalue weighted by atomic mass is 10.1. The predicted molar refractivity (Wildman–Crippen MR) is 45.9 cm³/mol. The van der Waals surface area contributed by atoms with E-state index in [0.717, 1.165) is 0 Å². The Balaban J connectivity index is 4.02. The van der Waals surface area contributed by atoms with Crippen molar-refractivity contribution in [1.29, 1.82) is 0 Å². The molecule has 0 bridgehead atoms. The summed E-state index contributed by atoms with van der Waals surface area (Å²) in [6.07, 6.45) is 0.850. The van der Waals surface area contributed by atoms with Gasteiger partial charge in [-0.3, -0.25) is 4.79 Å². The number of carbonyl (C=O) groups is 2. The monoisotopic (exact) mass is 189 g/mol. The number of carbonyl (C=O) groups excluding carboxylic acids is 2. The van der Waals surface area contributed by atoms with Crippen molar-refractivity contribution in [3.05, 3.63) is 0 Å². The second-order valence-corrected chi connectivity index (χ2v) is 2.64. The third-order valence-electron chi connectivity index (χ3n) is 1.51. The van der Waals surface area contributed by atoms with E-state index >= 15 is 0 Å². The van der Waals surface area contributed by atoms with E-state index in [-0.39, 0.29) is 12.5 Å². The average Bonchev–Trinajstić information content (AvgIpc) is 2.10. The van der Waals surface area contributed by atoms with Gasteiger partial charge in [0.15, 0.2) is 0 Å². The second-order valence-electron chi connectivity index (χ2n) is 2.64. The summed E-state index contributed by atoms with van der Waals surface area (Å²) in [5, 5.41) is 11.0. The Bertz CT molecular complexity index is 181. The number of nitrogens with one attached hydrogen (secondary N) is 1. The first-order valence-electron chi connectivity index (χ1n) is 4.07. The molecule has 0 aliphatic rings. The number of hydrogen-bond donors (Lipinski definition) is 2. The predicted octanol–water partition coefficient (Wildman–Crippen LogP) is -0.563. The molecule has 0 aliphatic carbocycles. The van der Waals surface area contributed by atoms with Gasteiger partial charge in [-0.1, -0.05) is 0 Å². The summed E-state index contributed by atoms with van der Waals surface area (Å²) in [6, 6.07) is -0.644. The van der Waals surface area contributed by atoms with Gasteiger partial charge in [0.1, 0.15) is 6.04 Å². The SMILES string of the molecule is COC(=O)C(CCCO)NC(C)=O. The van der Waals surface area contributed by atoms with Crippen molar-refractivity contribution in [2.45, 2.75) is 25.8 Å². The molecule has 0 aromatic rings. The number of methoxy groups -OCH3 is 1. The zero-order valence-electron chi connectivity index (χ0n) is 7.87. The molecule has 0 spiro atoms. The van der Waals surface area contributed by atoms with Crippen molar-refractivity contribution < 1.29 is 19.4 Å². The first-order chi connectivity index (χ1) is 6.11. The van der Waals surface area contributed by atoms with Gasteiger partial charge in [-0.25, -0.2) is 4.79 Å². The molecule has 13 heavy (non-hydrogen) atoms. The van der Waals surface area contributed by atoms with Gasteiger partial charge in [0, 0.05) is 13.5 Å². The summed E-state index contributed by atoms with van der Waals surface area (Å²) in [4.78, 5) is 21.7. The maximum atomic E-state index is 11.0. The Morgan fingerprint density at radius 3 is 2.54 bits per heavy atom. The van der Waals surface area contributed by atoms with Crippen LogP contribution in [0, 0.1) is 0 Å². The molecule has 1 atom stereocenters. The van der Waals surface area contributed by atoms with Gasteiger partial charge in [0.25, 0.3) is 0 Å². The Labute approximate surface area is 77.1 Å². The van der Waals surface area contributed by atoms with Crippen LogP contribution in [0.1, 0.15) is 19.8 Å². The lowest BCUT2D eigenvalue weighted by Gasteiger charge is -2.14. The molecule has 0 heterocycles. The lowest BCUT2D eigenvalue weighted by Crippen LogP contribution is -2.40. The van der Waals surface area contributed by atoms with Crippen molar-refractivity contribution in [3.8, 4) is 0 Å². The maximum absolute atomic E-state index is 11.0. The first kappa shape index (κ1) is 11.9. The zero-order valence-corrected chi connectivity index (χ0v) is 7.87. The van der Waals surface area contributed by atoms with E-state index in [9.17, 15) is 9.59 Å². The fourth-order valence-electron chi connectivity index (χ4n) is 0.932. The number of amides is 1. The van der Waals surface area contributed by atoms with Gasteiger partial charge in [-0.2, -0.15) is 0 Å². The standard InChI is InChI=1S/C8H15NO4/c1-6(11)9-7(4-3-5-10)8(12)13-2/h7,10H,3-5H2,1-2H3,(H,9,11). The van der Waals surface area contributed by atoms with Crippen LogP contribution in [0.5, 0.6) is 0 Å². The average molecular weight is 189 g/mol. The Morgan fingerprint density at radius 2 is 2.15 bits per heavy atom. The molecule has 0 saturated heterocycles. The van der Waals surface area contributed by atoms with Gasteiger partial charge >= 0.3 is 5.97 Å². The van der Waals surface area contributed by atoms with Crippen molar-refractivity contribution >= 4 is 11.9 Å². The van der Waals surface area contributed by atoms with Crippen LogP contribution in [-0.4, -0.2) is 36.7 Å². The third-order valence-corrected chi connectivity index (χ3v) is 1.51. The highest BCUT2D eigenvalue weighted by Crippen LogP contribution is 1.98. The van der Waals surface area contributed by atoms with Gasteiger partial charge in [0.2, 0.25) is 5.91 Å². The number of aliphatic hydroxyl groups is 1. The fraction of sp³-hybridized carbons (Fsp3) is 0.750. The molecule has 1 amide bonds. The second kappa shape index (κ2) is 6.42. The molecule has 2 N–H and O–H groups in total. The van der Waals surface area contributed by atoms with Crippen molar-refractivity contribution in [2.24, 2.45) is 0 Å². The van der Waals surface area contributed by atoms with Crippen LogP contribution in [0.2, 0.25) is 0 Å². The Kier molecular flexibility index (Phi) is 5.88. The van der Waals surface area contributed by atoms with Gasteiger partial charge in [0.05, 0.1) is 7.11 Å². The summed E-state index contributed by atoms with van der Waals surface area (Å²) >= 11 is 0. The van der Waals surface area contributed by atoms with Crippen molar-refractivity contribution in [3.63, 3.8) is 0 Å². The third kappa shape index (κ3) is 5.19. The van der Waals surface area contributed by atoms with Crippen LogP contribution in [-0.2, 0) is 14.3 Å². The highest BCUT2D eigenvalue weighted by molar-refractivity contribution is 5.83. The molecule has 5 nitrogen and oxygen atoms in total. The Hall–Kier alpha value is -1.10. The van der Waals surface area contributed by atoms with Crippen LogP contribution in [0.25, 0.3) is 0 Å². The minimum atomic E-state index is -0.644. The topological polar surface area (TPSA) is 75.6 Å². The summed E-state index contributed by atoms with van der Waals surface area (Å²) in [7, 11) is 1.26.